The Balaban J connectivity index is 2.85. The lowest BCUT2D eigenvalue weighted by molar-refractivity contribution is -0.142. The minimum atomic E-state index is -1.28. The SMILES string of the molecule is CSCCC(NC(=O)C(CS)NC(=O)C(CCC(=O)O)NC(=O)C(N)Cc1ccccc1)C(=O)O. The zero-order valence-corrected chi connectivity index (χ0v) is 21.0. The van der Waals surface area contributed by atoms with Crippen LogP contribution < -0.4 is 21.7 Å². The zero-order valence-electron chi connectivity index (χ0n) is 19.3. The van der Waals surface area contributed by atoms with Crippen LogP contribution in [0, 0.1) is 0 Å². The van der Waals surface area contributed by atoms with Crippen molar-refractivity contribution in [3.8, 4) is 0 Å². The fraction of sp³-hybridized carbons (Fsp3) is 0.500. The van der Waals surface area contributed by atoms with Gasteiger partial charge in [-0.15, -0.1) is 0 Å². The number of aliphatic carboxylic acids is 2. The molecule has 0 fully saturated rings. The van der Waals surface area contributed by atoms with Gasteiger partial charge < -0.3 is 31.9 Å². The lowest BCUT2D eigenvalue weighted by atomic mass is 10.0. The Morgan fingerprint density at radius 1 is 0.914 bits per heavy atom. The normalized spacial score (nSPS) is 14.1. The molecular weight excluding hydrogens is 496 g/mol. The molecule has 0 aliphatic carbocycles. The summed E-state index contributed by atoms with van der Waals surface area (Å²) in [6.07, 6.45) is 1.53. The van der Waals surface area contributed by atoms with E-state index in [4.69, 9.17) is 10.8 Å². The van der Waals surface area contributed by atoms with Crippen LogP contribution in [0.3, 0.4) is 0 Å². The highest BCUT2D eigenvalue weighted by atomic mass is 32.2. The number of carbonyl (C=O) groups is 5. The molecule has 0 aliphatic heterocycles. The van der Waals surface area contributed by atoms with Crippen LogP contribution in [-0.4, -0.2) is 81.8 Å². The van der Waals surface area contributed by atoms with E-state index in [2.05, 4.69) is 28.6 Å². The maximum absolute atomic E-state index is 12.8. The second-order valence-electron chi connectivity index (χ2n) is 7.71. The molecule has 0 saturated carbocycles. The van der Waals surface area contributed by atoms with Gasteiger partial charge in [0.25, 0.3) is 0 Å². The van der Waals surface area contributed by atoms with Gasteiger partial charge in [0.2, 0.25) is 17.7 Å². The Kier molecular flexibility index (Phi) is 13.8. The molecule has 0 saturated heterocycles. The Labute approximate surface area is 213 Å². The second-order valence-corrected chi connectivity index (χ2v) is 9.07. The van der Waals surface area contributed by atoms with E-state index >= 15 is 0 Å². The van der Waals surface area contributed by atoms with E-state index in [-0.39, 0.29) is 25.0 Å². The number of amides is 3. The van der Waals surface area contributed by atoms with Gasteiger partial charge in [-0.3, -0.25) is 19.2 Å². The predicted octanol–water partition coefficient (Wildman–Crippen LogP) is -0.357. The maximum Gasteiger partial charge on any atom is 0.326 e. The topological polar surface area (TPSA) is 188 Å². The molecule has 1 aromatic carbocycles. The Morgan fingerprint density at radius 3 is 2.03 bits per heavy atom. The van der Waals surface area contributed by atoms with Gasteiger partial charge in [0.1, 0.15) is 18.1 Å². The standard InChI is InChI=1S/C22H32N4O7S2/c1-35-10-9-16(22(32)33)25-21(31)17(12-34)26-20(30)15(7-8-18(27)28)24-19(29)14(23)11-13-5-3-2-4-6-13/h2-6,14-17,34H,7-12,23H2,1H3,(H,24,29)(H,25,31)(H,26,30)(H,27,28)(H,32,33). The molecule has 0 spiro atoms. The zero-order chi connectivity index (χ0) is 26.4. The van der Waals surface area contributed by atoms with Gasteiger partial charge in [-0.1, -0.05) is 30.3 Å². The van der Waals surface area contributed by atoms with E-state index < -0.39 is 60.2 Å². The Bertz CT molecular complexity index is 873. The van der Waals surface area contributed by atoms with Crippen molar-refractivity contribution >= 4 is 54.1 Å². The lowest BCUT2D eigenvalue weighted by Crippen LogP contribution is -2.57. The van der Waals surface area contributed by atoms with Gasteiger partial charge in [0.15, 0.2) is 0 Å². The molecule has 13 heteroatoms. The van der Waals surface area contributed by atoms with Gasteiger partial charge in [-0.05, 0) is 36.8 Å². The summed E-state index contributed by atoms with van der Waals surface area (Å²) in [5.74, 6) is -4.26. The molecule has 0 aromatic heterocycles. The smallest absolute Gasteiger partial charge is 0.326 e. The van der Waals surface area contributed by atoms with E-state index in [1.165, 1.54) is 11.8 Å². The highest BCUT2D eigenvalue weighted by Crippen LogP contribution is 2.06. The Hall–Kier alpha value is -2.77. The third-order valence-electron chi connectivity index (χ3n) is 4.96. The van der Waals surface area contributed by atoms with Gasteiger partial charge in [-0.25, -0.2) is 4.79 Å². The van der Waals surface area contributed by atoms with Crippen LogP contribution in [-0.2, 0) is 30.4 Å². The molecule has 0 heterocycles. The second kappa shape index (κ2) is 16.0. The molecule has 1 rings (SSSR count). The van der Waals surface area contributed by atoms with Crippen LogP contribution in [0.15, 0.2) is 30.3 Å². The van der Waals surface area contributed by atoms with Crippen LogP contribution in [0.1, 0.15) is 24.8 Å². The van der Waals surface area contributed by atoms with Gasteiger partial charge in [0, 0.05) is 12.2 Å². The van der Waals surface area contributed by atoms with Crippen molar-refractivity contribution in [2.24, 2.45) is 5.73 Å². The van der Waals surface area contributed by atoms with E-state index in [1.54, 1.807) is 30.5 Å². The van der Waals surface area contributed by atoms with Gasteiger partial charge in [0.05, 0.1) is 6.04 Å². The minimum absolute atomic E-state index is 0.153. The molecule has 4 unspecified atom stereocenters. The molecule has 194 valence electrons. The number of hydrogen-bond donors (Lipinski definition) is 7. The van der Waals surface area contributed by atoms with Crippen LogP contribution in [0.25, 0.3) is 0 Å². The molecule has 0 aliphatic rings. The van der Waals surface area contributed by atoms with Crippen molar-refractivity contribution in [1.82, 2.24) is 16.0 Å². The number of carbonyl (C=O) groups excluding carboxylic acids is 3. The summed E-state index contributed by atoms with van der Waals surface area (Å²) in [6.45, 7) is 0. The predicted molar refractivity (Wildman–Crippen MR) is 135 cm³/mol. The quantitative estimate of drug-likeness (QED) is 0.141. The van der Waals surface area contributed by atoms with Crippen LogP contribution in [0.2, 0.25) is 0 Å². The number of thioether (sulfide) groups is 1. The number of benzene rings is 1. The number of thiol groups is 1. The highest BCUT2D eigenvalue weighted by Gasteiger charge is 2.30. The highest BCUT2D eigenvalue weighted by molar-refractivity contribution is 7.98. The maximum atomic E-state index is 12.8. The molecule has 3 amide bonds. The first-order chi connectivity index (χ1) is 16.6. The van der Waals surface area contributed by atoms with Crippen LogP contribution in [0.4, 0.5) is 0 Å². The van der Waals surface area contributed by atoms with E-state index in [0.717, 1.165) is 5.56 Å². The van der Waals surface area contributed by atoms with Crippen molar-refractivity contribution in [2.75, 3.05) is 17.8 Å². The molecule has 0 radical (unpaired) electrons. The fourth-order valence-corrected chi connectivity index (χ4v) is 3.74. The van der Waals surface area contributed by atoms with E-state index in [0.29, 0.717) is 5.75 Å². The number of rotatable bonds is 16. The largest absolute Gasteiger partial charge is 0.481 e. The summed E-state index contributed by atoms with van der Waals surface area (Å²) < 4.78 is 0. The summed E-state index contributed by atoms with van der Waals surface area (Å²) in [6, 6.07) is 4.37. The summed E-state index contributed by atoms with van der Waals surface area (Å²) in [5.41, 5.74) is 6.77. The molecular formula is C22H32N4O7S2. The first-order valence-corrected chi connectivity index (χ1v) is 12.9. The first-order valence-electron chi connectivity index (χ1n) is 10.8. The number of hydrogen-bond acceptors (Lipinski definition) is 8. The lowest BCUT2D eigenvalue weighted by Gasteiger charge is -2.24. The number of nitrogens with one attached hydrogen (secondary N) is 3. The molecule has 0 bridgehead atoms. The molecule has 11 nitrogen and oxygen atoms in total. The van der Waals surface area contributed by atoms with Gasteiger partial charge in [-0.2, -0.15) is 24.4 Å². The first kappa shape index (κ1) is 30.3. The van der Waals surface area contributed by atoms with Crippen molar-refractivity contribution in [2.45, 2.75) is 49.9 Å². The summed E-state index contributed by atoms with van der Waals surface area (Å²) in [7, 11) is 0. The van der Waals surface area contributed by atoms with E-state index in [9.17, 15) is 29.1 Å². The van der Waals surface area contributed by atoms with Crippen molar-refractivity contribution in [1.29, 1.82) is 0 Å². The van der Waals surface area contributed by atoms with Crippen molar-refractivity contribution in [3.63, 3.8) is 0 Å². The minimum Gasteiger partial charge on any atom is -0.481 e. The van der Waals surface area contributed by atoms with Crippen LogP contribution >= 0.6 is 24.4 Å². The van der Waals surface area contributed by atoms with Crippen molar-refractivity contribution in [3.05, 3.63) is 35.9 Å². The molecule has 1 aromatic rings. The monoisotopic (exact) mass is 528 g/mol. The van der Waals surface area contributed by atoms with Crippen LogP contribution in [0.5, 0.6) is 0 Å². The third kappa shape index (κ3) is 11.5. The summed E-state index contributed by atoms with van der Waals surface area (Å²) in [5, 5.41) is 25.6. The molecule has 35 heavy (non-hydrogen) atoms. The molecule has 7 N–H and O–H groups in total. The summed E-state index contributed by atoms with van der Waals surface area (Å²) >= 11 is 5.48. The molecule has 4 atom stereocenters. The fourth-order valence-electron chi connectivity index (χ4n) is 3.01. The number of carboxylic acids is 2. The van der Waals surface area contributed by atoms with Crippen molar-refractivity contribution < 1.29 is 34.2 Å². The van der Waals surface area contributed by atoms with Gasteiger partial charge >= 0.3 is 11.9 Å². The Morgan fingerprint density at radius 2 is 1.49 bits per heavy atom. The average Bonchev–Trinajstić information content (AvgIpc) is 2.82. The third-order valence-corrected chi connectivity index (χ3v) is 5.96. The summed E-state index contributed by atoms with van der Waals surface area (Å²) in [4.78, 5) is 60.4. The number of carboxylic acid groups (broad SMARTS) is 2. The van der Waals surface area contributed by atoms with E-state index in [1.807, 2.05) is 6.07 Å². The average molecular weight is 529 g/mol. The number of nitrogens with two attached hydrogens (primary N) is 1.